The second-order valence-corrected chi connectivity index (χ2v) is 3.99. The standard InChI is InChI=1S/C14H10F2O3/c15-10-3-1-2-8(6-10)11-7-9(4-5-12(11)16)13(17)14(18)19/h1-7,13,17H,(H,18,19). The van der Waals surface area contributed by atoms with Crippen molar-refractivity contribution in [2.45, 2.75) is 6.10 Å². The average molecular weight is 264 g/mol. The van der Waals surface area contributed by atoms with Crippen LogP contribution >= 0.6 is 0 Å². The minimum absolute atomic E-state index is 0.0353. The topological polar surface area (TPSA) is 57.5 Å². The molecule has 0 aliphatic heterocycles. The third-order valence-electron chi connectivity index (χ3n) is 2.68. The van der Waals surface area contributed by atoms with Gasteiger partial charge < -0.3 is 10.2 Å². The van der Waals surface area contributed by atoms with Gasteiger partial charge in [0.25, 0.3) is 0 Å². The predicted molar refractivity (Wildman–Crippen MR) is 64.4 cm³/mol. The smallest absolute Gasteiger partial charge is 0.337 e. The maximum absolute atomic E-state index is 13.7. The van der Waals surface area contributed by atoms with Crippen molar-refractivity contribution in [2.24, 2.45) is 0 Å². The first kappa shape index (κ1) is 13.2. The molecule has 5 heteroatoms. The van der Waals surface area contributed by atoms with E-state index in [0.717, 1.165) is 12.1 Å². The van der Waals surface area contributed by atoms with Crippen LogP contribution in [0.25, 0.3) is 11.1 Å². The molecule has 0 bridgehead atoms. The predicted octanol–water partition coefficient (Wildman–Crippen LogP) is 2.75. The van der Waals surface area contributed by atoms with E-state index in [9.17, 15) is 18.7 Å². The highest BCUT2D eigenvalue weighted by atomic mass is 19.1. The first-order chi connectivity index (χ1) is 8.99. The number of aliphatic hydroxyl groups is 1. The van der Waals surface area contributed by atoms with Crippen molar-refractivity contribution in [3.05, 3.63) is 59.7 Å². The number of hydrogen-bond acceptors (Lipinski definition) is 2. The molecule has 2 N–H and O–H groups in total. The van der Waals surface area contributed by atoms with Crippen LogP contribution in [0.2, 0.25) is 0 Å². The van der Waals surface area contributed by atoms with Crippen LogP contribution in [0.15, 0.2) is 42.5 Å². The second-order valence-electron chi connectivity index (χ2n) is 3.99. The number of hydrogen-bond donors (Lipinski definition) is 2. The zero-order chi connectivity index (χ0) is 14.0. The van der Waals surface area contributed by atoms with Gasteiger partial charge in [0.2, 0.25) is 0 Å². The van der Waals surface area contributed by atoms with Crippen molar-refractivity contribution < 1.29 is 23.8 Å². The Morgan fingerprint density at radius 3 is 2.47 bits per heavy atom. The monoisotopic (exact) mass is 264 g/mol. The SMILES string of the molecule is O=C(O)C(O)c1ccc(F)c(-c2cccc(F)c2)c1. The maximum Gasteiger partial charge on any atom is 0.337 e. The number of aliphatic hydroxyl groups excluding tert-OH is 1. The van der Waals surface area contributed by atoms with Gasteiger partial charge in [-0.05, 0) is 35.4 Å². The van der Waals surface area contributed by atoms with Crippen LogP contribution in [0.5, 0.6) is 0 Å². The molecule has 19 heavy (non-hydrogen) atoms. The van der Waals surface area contributed by atoms with Crippen molar-refractivity contribution in [2.75, 3.05) is 0 Å². The van der Waals surface area contributed by atoms with E-state index in [2.05, 4.69) is 0 Å². The number of rotatable bonds is 3. The van der Waals surface area contributed by atoms with Gasteiger partial charge in [-0.1, -0.05) is 18.2 Å². The first-order valence-corrected chi connectivity index (χ1v) is 5.45. The van der Waals surface area contributed by atoms with Gasteiger partial charge in [0.05, 0.1) is 0 Å². The summed E-state index contributed by atoms with van der Waals surface area (Å²) in [7, 11) is 0. The minimum atomic E-state index is -1.74. The zero-order valence-corrected chi connectivity index (χ0v) is 9.68. The molecule has 1 unspecified atom stereocenters. The zero-order valence-electron chi connectivity index (χ0n) is 9.68. The lowest BCUT2D eigenvalue weighted by molar-refractivity contribution is -0.146. The Labute approximate surface area is 107 Å². The van der Waals surface area contributed by atoms with E-state index in [1.54, 1.807) is 0 Å². The summed E-state index contributed by atoms with van der Waals surface area (Å²) in [6.07, 6.45) is -1.74. The van der Waals surface area contributed by atoms with Crippen LogP contribution < -0.4 is 0 Å². The summed E-state index contributed by atoms with van der Waals surface area (Å²) in [5, 5.41) is 18.1. The molecule has 3 nitrogen and oxygen atoms in total. The minimum Gasteiger partial charge on any atom is -0.479 e. The highest BCUT2D eigenvalue weighted by Gasteiger charge is 2.18. The molecule has 2 aromatic carbocycles. The van der Waals surface area contributed by atoms with E-state index in [1.807, 2.05) is 0 Å². The second kappa shape index (κ2) is 5.16. The molecule has 0 amide bonds. The number of halogens is 2. The molecule has 98 valence electrons. The summed E-state index contributed by atoms with van der Waals surface area (Å²) >= 11 is 0. The van der Waals surface area contributed by atoms with E-state index < -0.39 is 23.7 Å². The molecule has 2 rings (SSSR count). The quantitative estimate of drug-likeness (QED) is 0.896. The van der Waals surface area contributed by atoms with Crippen molar-refractivity contribution in [1.29, 1.82) is 0 Å². The largest absolute Gasteiger partial charge is 0.479 e. The fourth-order valence-electron chi connectivity index (χ4n) is 1.73. The van der Waals surface area contributed by atoms with Crippen LogP contribution in [-0.4, -0.2) is 16.2 Å². The molecule has 0 aliphatic rings. The lowest BCUT2D eigenvalue weighted by Crippen LogP contribution is -2.10. The van der Waals surface area contributed by atoms with E-state index in [0.29, 0.717) is 0 Å². The van der Waals surface area contributed by atoms with Gasteiger partial charge >= 0.3 is 5.97 Å². The average Bonchev–Trinajstić information content (AvgIpc) is 2.38. The maximum atomic E-state index is 13.7. The van der Waals surface area contributed by atoms with Gasteiger partial charge in [-0.25, -0.2) is 13.6 Å². The number of aliphatic carboxylic acids is 1. The fourth-order valence-corrected chi connectivity index (χ4v) is 1.73. The number of carbonyl (C=O) groups is 1. The molecule has 0 saturated heterocycles. The van der Waals surface area contributed by atoms with Crippen LogP contribution in [0.1, 0.15) is 11.7 Å². The molecule has 0 saturated carbocycles. The Hall–Kier alpha value is -2.27. The molecule has 0 heterocycles. The summed E-state index contributed by atoms with van der Waals surface area (Å²) in [5.41, 5.74) is 0.349. The first-order valence-electron chi connectivity index (χ1n) is 5.45. The third-order valence-corrected chi connectivity index (χ3v) is 2.68. The molecule has 1 atom stereocenters. The van der Waals surface area contributed by atoms with Gasteiger partial charge in [0.15, 0.2) is 6.10 Å². The third kappa shape index (κ3) is 2.77. The highest BCUT2D eigenvalue weighted by Crippen LogP contribution is 2.27. The summed E-state index contributed by atoms with van der Waals surface area (Å²) < 4.78 is 26.8. The molecule has 0 aliphatic carbocycles. The molecule has 0 spiro atoms. The van der Waals surface area contributed by atoms with Crippen molar-refractivity contribution in [3.8, 4) is 11.1 Å². The van der Waals surface area contributed by atoms with Crippen molar-refractivity contribution in [3.63, 3.8) is 0 Å². The Morgan fingerprint density at radius 2 is 1.84 bits per heavy atom. The highest BCUT2D eigenvalue weighted by molar-refractivity contribution is 5.75. The Kier molecular flexibility index (Phi) is 3.57. The number of carboxylic acid groups (broad SMARTS) is 1. The molecular formula is C14H10F2O3. The normalized spacial score (nSPS) is 12.2. The van der Waals surface area contributed by atoms with E-state index in [4.69, 9.17) is 5.11 Å². The summed E-state index contributed by atoms with van der Waals surface area (Å²) in [5.74, 6) is -2.58. The van der Waals surface area contributed by atoms with Gasteiger partial charge in [0.1, 0.15) is 11.6 Å². The summed E-state index contributed by atoms with van der Waals surface area (Å²) in [4.78, 5) is 10.7. The van der Waals surface area contributed by atoms with Gasteiger partial charge in [-0.15, -0.1) is 0 Å². The molecule has 2 aromatic rings. The summed E-state index contributed by atoms with van der Waals surface area (Å²) in [6, 6.07) is 8.69. The van der Waals surface area contributed by atoms with Gasteiger partial charge in [-0.2, -0.15) is 0 Å². The molecule has 0 radical (unpaired) electrons. The Morgan fingerprint density at radius 1 is 1.11 bits per heavy atom. The lowest BCUT2D eigenvalue weighted by Gasteiger charge is -2.09. The Bertz CT molecular complexity index is 626. The van der Waals surface area contributed by atoms with Crippen LogP contribution in [0.4, 0.5) is 8.78 Å². The number of carboxylic acids is 1. The molecule has 0 aromatic heterocycles. The van der Waals surface area contributed by atoms with E-state index in [-0.39, 0.29) is 16.7 Å². The van der Waals surface area contributed by atoms with Crippen molar-refractivity contribution >= 4 is 5.97 Å². The van der Waals surface area contributed by atoms with Gasteiger partial charge in [0, 0.05) is 5.56 Å². The fraction of sp³-hybridized carbons (Fsp3) is 0.0714. The Balaban J connectivity index is 2.51. The van der Waals surface area contributed by atoms with Crippen LogP contribution in [0.3, 0.4) is 0 Å². The number of benzene rings is 2. The molecular weight excluding hydrogens is 254 g/mol. The summed E-state index contributed by atoms with van der Waals surface area (Å²) in [6.45, 7) is 0. The van der Waals surface area contributed by atoms with Crippen LogP contribution in [0, 0.1) is 11.6 Å². The molecule has 0 fully saturated rings. The van der Waals surface area contributed by atoms with E-state index in [1.165, 1.54) is 30.3 Å². The lowest BCUT2D eigenvalue weighted by atomic mass is 10.00. The van der Waals surface area contributed by atoms with E-state index >= 15 is 0 Å². The van der Waals surface area contributed by atoms with Gasteiger partial charge in [-0.3, -0.25) is 0 Å². The van der Waals surface area contributed by atoms with Crippen molar-refractivity contribution in [1.82, 2.24) is 0 Å². The van der Waals surface area contributed by atoms with Crippen LogP contribution in [-0.2, 0) is 4.79 Å².